The van der Waals surface area contributed by atoms with Gasteiger partial charge in [-0.1, -0.05) is 12.1 Å². The van der Waals surface area contributed by atoms with Crippen LogP contribution in [0.25, 0.3) is 0 Å². The Balaban J connectivity index is 1.46. The molecule has 2 N–H and O–H groups in total. The van der Waals surface area contributed by atoms with E-state index in [1.807, 2.05) is 6.92 Å². The molecule has 0 aliphatic carbocycles. The van der Waals surface area contributed by atoms with Crippen LogP contribution in [0.3, 0.4) is 0 Å². The highest BCUT2D eigenvalue weighted by Gasteiger charge is 2.32. The number of alkyl halides is 3. The fraction of sp³-hybridized carbons (Fsp3) is 0.316. The van der Waals surface area contributed by atoms with Crippen molar-refractivity contribution in [2.75, 3.05) is 18.4 Å². The predicted octanol–water partition coefficient (Wildman–Crippen LogP) is 4.41. The van der Waals surface area contributed by atoms with Gasteiger partial charge in [-0.2, -0.15) is 13.2 Å². The maximum atomic E-state index is 13.0. The maximum absolute atomic E-state index is 13.0. The first-order valence-corrected chi connectivity index (χ1v) is 8.47. The van der Waals surface area contributed by atoms with Gasteiger partial charge in [0.15, 0.2) is 0 Å². The number of nitrogens with zero attached hydrogens (tertiary/aromatic N) is 1. The Bertz CT molecular complexity index is 784. The Morgan fingerprint density at radius 2 is 1.67 bits per heavy atom. The van der Waals surface area contributed by atoms with Crippen LogP contribution in [0.4, 0.5) is 28.0 Å². The number of hydrogen-bond donors (Lipinski definition) is 2. The van der Waals surface area contributed by atoms with Gasteiger partial charge >= 0.3 is 12.2 Å². The summed E-state index contributed by atoms with van der Waals surface area (Å²) in [7, 11) is 0. The Morgan fingerprint density at radius 1 is 1.07 bits per heavy atom. The predicted molar refractivity (Wildman–Crippen MR) is 93.8 cm³/mol. The summed E-state index contributed by atoms with van der Waals surface area (Å²) >= 11 is 0. The highest BCUT2D eigenvalue weighted by Crippen LogP contribution is 2.30. The van der Waals surface area contributed by atoms with Gasteiger partial charge in [0.2, 0.25) is 0 Å². The Kier molecular flexibility index (Phi) is 5.36. The van der Waals surface area contributed by atoms with Gasteiger partial charge in [-0.05, 0) is 48.9 Å². The topological polar surface area (TPSA) is 44.4 Å². The van der Waals surface area contributed by atoms with E-state index < -0.39 is 11.7 Å². The molecule has 1 heterocycles. The van der Waals surface area contributed by atoms with E-state index in [4.69, 9.17) is 0 Å². The van der Waals surface area contributed by atoms with E-state index in [1.165, 1.54) is 24.3 Å². The van der Waals surface area contributed by atoms with Gasteiger partial charge in [0.25, 0.3) is 0 Å². The molecule has 0 spiro atoms. The lowest BCUT2D eigenvalue weighted by atomic mass is 10.0. The second kappa shape index (κ2) is 7.56. The molecule has 1 saturated heterocycles. The molecule has 1 aliphatic heterocycles. The van der Waals surface area contributed by atoms with Crippen LogP contribution in [-0.4, -0.2) is 30.1 Å². The lowest BCUT2D eigenvalue weighted by molar-refractivity contribution is -0.137. The van der Waals surface area contributed by atoms with E-state index in [9.17, 15) is 22.4 Å². The molecule has 144 valence electrons. The first-order valence-electron chi connectivity index (χ1n) is 8.47. The van der Waals surface area contributed by atoms with Gasteiger partial charge in [0.05, 0.1) is 5.56 Å². The summed E-state index contributed by atoms with van der Waals surface area (Å²) in [6.45, 7) is 2.92. The number of amides is 2. The third kappa shape index (κ3) is 4.77. The fourth-order valence-corrected chi connectivity index (χ4v) is 2.90. The zero-order chi connectivity index (χ0) is 19.6. The summed E-state index contributed by atoms with van der Waals surface area (Å²) in [5, 5.41) is 5.94. The number of anilines is 1. The zero-order valence-electron chi connectivity index (χ0n) is 14.6. The van der Waals surface area contributed by atoms with Gasteiger partial charge in [-0.25, -0.2) is 9.18 Å². The summed E-state index contributed by atoms with van der Waals surface area (Å²) < 4.78 is 50.6. The fourth-order valence-electron chi connectivity index (χ4n) is 2.90. The number of carbonyl (C=O) groups excluding carboxylic acids is 1. The van der Waals surface area contributed by atoms with Crippen molar-refractivity contribution < 1.29 is 22.4 Å². The minimum Gasteiger partial charge on any atom is -0.321 e. The van der Waals surface area contributed by atoms with Crippen molar-refractivity contribution in [3.8, 4) is 0 Å². The molecule has 0 radical (unpaired) electrons. The standard InChI is InChI=1S/C19H19F4N3O/c1-12(13-2-6-15(20)7-3-13)24-17-10-26(11-17)18(27)25-16-8-4-14(5-9-16)19(21,22)23/h2-9,12,17,24H,10-11H2,1H3,(H,25,27). The van der Waals surface area contributed by atoms with Crippen LogP contribution in [0.5, 0.6) is 0 Å². The number of rotatable bonds is 4. The zero-order valence-corrected chi connectivity index (χ0v) is 14.6. The number of hydrogen-bond acceptors (Lipinski definition) is 2. The first-order chi connectivity index (χ1) is 12.7. The second-order valence-electron chi connectivity index (χ2n) is 6.55. The molecule has 1 fully saturated rings. The molecule has 3 rings (SSSR count). The molecule has 1 unspecified atom stereocenters. The summed E-state index contributed by atoms with van der Waals surface area (Å²) in [6.07, 6.45) is -4.40. The van der Waals surface area contributed by atoms with Gasteiger partial charge in [0, 0.05) is 30.9 Å². The van der Waals surface area contributed by atoms with Crippen molar-refractivity contribution in [3.05, 3.63) is 65.5 Å². The number of carbonyl (C=O) groups is 1. The van der Waals surface area contributed by atoms with E-state index in [0.29, 0.717) is 18.8 Å². The van der Waals surface area contributed by atoms with Gasteiger partial charge < -0.3 is 15.5 Å². The van der Waals surface area contributed by atoms with Crippen LogP contribution in [0.1, 0.15) is 24.1 Å². The SMILES string of the molecule is CC(NC1CN(C(=O)Nc2ccc(C(F)(F)F)cc2)C1)c1ccc(F)cc1. The van der Waals surface area contributed by atoms with Gasteiger partial charge in [-0.15, -0.1) is 0 Å². The van der Waals surface area contributed by atoms with E-state index >= 15 is 0 Å². The van der Waals surface area contributed by atoms with E-state index in [1.54, 1.807) is 17.0 Å². The molecule has 1 atom stereocenters. The summed E-state index contributed by atoms with van der Waals surface area (Å²) in [5.41, 5.74) is 0.497. The smallest absolute Gasteiger partial charge is 0.321 e. The van der Waals surface area contributed by atoms with Crippen molar-refractivity contribution in [2.45, 2.75) is 25.2 Å². The van der Waals surface area contributed by atoms with Crippen LogP contribution in [0.2, 0.25) is 0 Å². The molecule has 4 nitrogen and oxygen atoms in total. The summed E-state index contributed by atoms with van der Waals surface area (Å²) in [5.74, 6) is -0.291. The molecular weight excluding hydrogens is 362 g/mol. The average molecular weight is 381 g/mol. The summed E-state index contributed by atoms with van der Waals surface area (Å²) in [6, 6.07) is 10.3. The van der Waals surface area contributed by atoms with Gasteiger partial charge in [0.1, 0.15) is 5.82 Å². The minimum absolute atomic E-state index is 0.00993. The maximum Gasteiger partial charge on any atom is 0.416 e. The molecule has 2 aromatic rings. The second-order valence-corrected chi connectivity index (χ2v) is 6.55. The van der Waals surface area contributed by atoms with E-state index in [-0.39, 0.29) is 23.9 Å². The molecule has 1 aliphatic rings. The normalized spacial score (nSPS) is 16.0. The van der Waals surface area contributed by atoms with E-state index in [2.05, 4.69) is 10.6 Å². The third-order valence-electron chi connectivity index (χ3n) is 4.49. The van der Waals surface area contributed by atoms with Crippen molar-refractivity contribution in [2.24, 2.45) is 0 Å². The Morgan fingerprint density at radius 3 is 2.22 bits per heavy atom. The number of nitrogens with one attached hydrogen (secondary N) is 2. The average Bonchev–Trinajstić information content (AvgIpc) is 2.57. The van der Waals surface area contributed by atoms with Crippen LogP contribution in [0, 0.1) is 5.82 Å². The number of urea groups is 1. The van der Waals surface area contributed by atoms with Crippen LogP contribution >= 0.6 is 0 Å². The number of benzene rings is 2. The van der Waals surface area contributed by atoms with Crippen molar-refractivity contribution in [3.63, 3.8) is 0 Å². The largest absolute Gasteiger partial charge is 0.416 e. The molecule has 2 amide bonds. The van der Waals surface area contributed by atoms with Crippen molar-refractivity contribution >= 4 is 11.7 Å². The monoisotopic (exact) mass is 381 g/mol. The quantitative estimate of drug-likeness (QED) is 0.771. The Labute approximate surface area is 154 Å². The molecule has 8 heteroatoms. The van der Waals surface area contributed by atoms with Crippen molar-refractivity contribution in [1.82, 2.24) is 10.2 Å². The van der Waals surface area contributed by atoms with Crippen LogP contribution < -0.4 is 10.6 Å². The minimum atomic E-state index is -4.40. The summed E-state index contributed by atoms with van der Waals surface area (Å²) in [4.78, 5) is 13.7. The van der Waals surface area contributed by atoms with Crippen molar-refractivity contribution in [1.29, 1.82) is 0 Å². The highest BCUT2D eigenvalue weighted by atomic mass is 19.4. The molecule has 2 aromatic carbocycles. The van der Waals surface area contributed by atoms with Crippen LogP contribution in [-0.2, 0) is 6.18 Å². The molecular formula is C19H19F4N3O. The third-order valence-corrected chi connectivity index (χ3v) is 4.49. The highest BCUT2D eigenvalue weighted by molar-refractivity contribution is 5.89. The molecule has 0 saturated carbocycles. The lowest BCUT2D eigenvalue weighted by Crippen LogP contribution is -2.61. The number of likely N-dealkylation sites (tertiary alicyclic amines) is 1. The Hall–Kier alpha value is -2.61. The number of halogens is 4. The molecule has 27 heavy (non-hydrogen) atoms. The van der Waals surface area contributed by atoms with E-state index in [0.717, 1.165) is 17.7 Å². The first kappa shape index (κ1) is 19.2. The van der Waals surface area contributed by atoms with Crippen LogP contribution in [0.15, 0.2) is 48.5 Å². The van der Waals surface area contributed by atoms with Gasteiger partial charge in [-0.3, -0.25) is 0 Å². The molecule has 0 bridgehead atoms. The lowest BCUT2D eigenvalue weighted by Gasteiger charge is -2.41. The molecule has 0 aromatic heterocycles.